The van der Waals surface area contributed by atoms with Crippen LogP contribution in [0, 0.1) is 28.8 Å². The van der Waals surface area contributed by atoms with E-state index >= 15 is 0 Å². The van der Waals surface area contributed by atoms with Crippen LogP contribution in [0.25, 0.3) is 0 Å². The Kier molecular flexibility index (Phi) is 7.51. The van der Waals surface area contributed by atoms with Crippen LogP contribution < -0.4 is 0 Å². The van der Waals surface area contributed by atoms with E-state index in [-0.39, 0.29) is 24.1 Å². The largest absolute Gasteiger partial charge is 0.466 e. The van der Waals surface area contributed by atoms with Crippen molar-refractivity contribution in [3.8, 4) is 6.07 Å². The molecule has 1 aromatic heterocycles. The van der Waals surface area contributed by atoms with Crippen LogP contribution in [0.5, 0.6) is 0 Å². The summed E-state index contributed by atoms with van der Waals surface area (Å²) in [5.41, 5.74) is 1.24. The van der Waals surface area contributed by atoms with Crippen molar-refractivity contribution in [2.75, 3.05) is 26.3 Å². The minimum Gasteiger partial charge on any atom is -0.466 e. The molecule has 27 heavy (non-hydrogen) atoms. The van der Waals surface area contributed by atoms with E-state index in [9.17, 15) is 14.9 Å². The van der Waals surface area contributed by atoms with Crippen LogP contribution in [0.3, 0.4) is 0 Å². The number of nitriles is 1. The molecule has 2 heterocycles. The van der Waals surface area contributed by atoms with E-state index in [0.717, 1.165) is 19.4 Å². The van der Waals surface area contributed by atoms with Crippen molar-refractivity contribution in [1.82, 2.24) is 9.47 Å². The summed E-state index contributed by atoms with van der Waals surface area (Å²) >= 11 is 5.45. The molecule has 0 amide bonds. The van der Waals surface area contributed by atoms with Gasteiger partial charge in [-0.25, -0.2) is 4.79 Å². The fourth-order valence-electron chi connectivity index (χ4n) is 3.26. The van der Waals surface area contributed by atoms with Gasteiger partial charge in [0.05, 0.1) is 36.9 Å². The molecule has 1 aromatic rings. The number of rotatable bonds is 6. The lowest BCUT2D eigenvalue weighted by Gasteiger charge is -2.32. The maximum atomic E-state index is 12.2. The molecule has 0 saturated carbocycles. The van der Waals surface area contributed by atoms with E-state index in [1.54, 1.807) is 25.3 Å². The lowest BCUT2D eigenvalue weighted by atomic mass is 9.98. The normalized spacial score (nSPS) is 17.2. The summed E-state index contributed by atoms with van der Waals surface area (Å²) < 4.78 is 12.4. The average molecular weight is 391 g/mol. The molecule has 0 aromatic carbocycles. The Labute approximate surface area is 164 Å². The highest BCUT2D eigenvalue weighted by Gasteiger charge is 2.27. The second kappa shape index (κ2) is 9.62. The highest BCUT2D eigenvalue weighted by atomic mass is 32.1. The second-order valence-corrected chi connectivity index (χ2v) is 6.82. The van der Waals surface area contributed by atoms with Gasteiger partial charge in [0, 0.05) is 12.2 Å². The number of hydrogen-bond donors (Lipinski definition) is 0. The zero-order valence-corrected chi connectivity index (χ0v) is 16.8. The topological polar surface area (TPSA) is 84.6 Å². The predicted molar refractivity (Wildman–Crippen MR) is 102 cm³/mol. The van der Waals surface area contributed by atoms with Gasteiger partial charge in [-0.15, -0.1) is 0 Å². The molecule has 2 rings (SSSR count). The molecule has 1 saturated heterocycles. The maximum Gasteiger partial charge on any atom is 0.339 e. The molecule has 0 unspecified atom stereocenters. The molecule has 0 radical (unpaired) electrons. The van der Waals surface area contributed by atoms with Crippen molar-refractivity contribution in [2.45, 2.75) is 40.3 Å². The predicted octanol–water partition coefficient (Wildman–Crippen LogP) is 2.81. The summed E-state index contributed by atoms with van der Waals surface area (Å²) in [7, 11) is 0. The van der Waals surface area contributed by atoms with Crippen molar-refractivity contribution in [3.63, 3.8) is 0 Å². The van der Waals surface area contributed by atoms with Crippen molar-refractivity contribution >= 4 is 24.2 Å². The number of pyridine rings is 1. The van der Waals surface area contributed by atoms with Gasteiger partial charge in [0.2, 0.25) is 0 Å². The Hall–Kier alpha value is -2.24. The number of piperidine rings is 1. The zero-order chi connectivity index (χ0) is 20.0. The van der Waals surface area contributed by atoms with Gasteiger partial charge in [-0.2, -0.15) is 5.26 Å². The molecular formula is C19H25N3O4S. The molecular weight excluding hydrogens is 366 g/mol. The van der Waals surface area contributed by atoms with Gasteiger partial charge >= 0.3 is 11.9 Å². The van der Waals surface area contributed by atoms with E-state index in [4.69, 9.17) is 21.7 Å². The van der Waals surface area contributed by atoms with Crippen LogP contribution in [0.4, 0.5) is 0 Å². The molecule has 146 valence electrons. The molecule has 1 aliphatic heterocycles. The first-order valence-electron chi connectivity index (χ1n) is 9.13. The Bertz CT molecular complexity index is 812. The van der Waals surface area contributed by atoms with Gasteiger partial charge in [-0.05, 0) is 46.2 Å². The molecule has 0 spiro atoms. The Morgan fingerprint density at radius 2 is 2.04 bits per heavy atom. The monoisotopic (exact) mass is 391 g/mol. The van der Waals surface area contributed by atoms with Crippen LogP contribution in [0.15, 0.2) is 6.07 Å². The van der Waals surface area contributed by atoms with Crippen LogP contribution in [-0.2, 0) is 20.9 Å². The van der Waals surface area contributed by atoms with Gasteiger partial charge in [0.25, 0.3) is 0 Å². The minimum absolute atomic E-state index is 0.170. The highest BCUT2D eigenvalue weighted by Crippen LogP contribution is 2.21. The molecule has 0 bridgehead atoms. The number of hydrogen-bond acceptors (Lipinski definition) is 7. The fourth-order valence-corrected chi connectivity index (χ4v) is 3.56. The Balaban J connectivity index is 2.31. The maximum absolute atomic E-state index is 12.2. The van der Waals surface area contributed by atoms with Crippen molar-refractivity contribution in [1.29, 1.82) is 5.26 Å². The third kappa shape index (κ3) is 4.93. The first-order valence-corrected chi connectivity index (χ1v) is 9.54. The summed E-state index contributed by atoms with van der Waals surface area (Å²) in [5, 5.41) is 9.39. The fraction of sp³-hybridized carbons (Fsp3) is 0.579. The zero-order valence-electron chi connectivity index (χ0n) is 16.0. The van der Waals surface area contributed by atoms with Crippen molar-refractivity contribution in [3.05, 3.63) is 27.5 Å². The molecule has 7 nitrogen and oxygen atoms in total. The number of carbonyl (C=O) groups excluding carboxylic acids is 2. The Morgan fingerprint density at radius 3 is 2.67 bits per heavy atom. The number of likely N-dealkylation sites (tertiary alicyclic amines) is 1. The summed E-state index contributed by atoms with van der Waals surface area (Å²) in [6.45, 7) is 7.71. The third-order valence-corrected chi connectivity index (χ3v) is 5.08. The van der Waals surface area contributed by atoms with Gasteiger partial charge in [-0.1, -0.05) is 12.2 Å². The minimum atomic E-state index is -0.474. The highest BCUT2D eigenvalue weighted by molar-refractivity contribution is 7.71. The quantitative estimate of drug-likeness (QED) is 0.544. The lowest BCUT2D eigenvalue weighted by molar-refractivity contribution is -0.150. The van der Waals surface area contributed by atoms with Crippen LogP contribution in [0.1, 0.15) is 48.3 Å². The van der Waals surface area contributed by atoms with Crippen molar-refractivity contribution in [2.24, 2.45) is 5.92 Å². The molecule has 1 aliphatic rings. The molecule has 1 fully saturated rings. The van der Waals surface area contributed by atoms with Crippen LogP contribution in [-0.4, -0.2) is 47.7 Å². The van der Waals surface area contributed by atoms with Gasteiger partial charge in [0.1, 0.15) is 10.7 Å². The van der Waals surface area contributed by atoms with Gasteiger partial charge < -0.3 is 14.0 Å². The standard InChI is InChI=1S/C19H25N3O4S/c1-4-25-18(23)14-7-6-8-21(11-14)12-22-13(3)16(19(24)26-5-2)9-15(10-20)17(22)27/h9,14H,4-8,11-12H2,1-3H3/t14-/m1/s1. The van der Waals surface area contributed by atoms with Crippen LogP contribution >= 0.6 is 12.2 Å². The molecule has 8 heteroatoms. The SMILES string of the molecule is CCOC(=O)c1cc(C#N)c(=S)n(CN2CCC[C@@H](C(=O)OCC)C2)c1C. The number of carbonyl (C=O) groups is 2. The van der Waals surface area contributed by atoms with Crippen LogP contribution in [0.2, 0.25) is 0 Å². The molecule has 0 aliphatic carbocycles. The first kappa shape index (κ1) is 21.1. The number of aromatic nitrogens is 1. The molecule has 0 N–H and O–H groups in total. The number of esters is 2. The Morgan fingerprint density at radius 1 is 1.33 bits per heavy atom. The second-order valence-electron chi connectivity index (χ2n) is 6.43. The molecule has 1 atom stereocenters. The van der Waals surface area contributed by atoms with E-state index < -0.39 is 5.97 Å². The van der Waals surface area contributed by atoms with E-state index in [1.165, 1.54) is 6.07 Å². The van der Waals surface area contributed by atoms with Crippen molar-refractivity contribution < 1.29 is 19.1 Å². The average Bonchev–Trinajstić information content (AvgIpc) is 2.66. The summed E-state index contributed by atoms with van der Waals surface area (Å²) in [4.78, 5) is 26.4. The smallest absolute Gasteiger partial charge is 0.339 e. The summed E-state index contributed by atoms with van der Waals surface area (Å²) in [6.07, 6.45) is 1.67. The van der Waals surface area contributed by atoms with Gasteiger partial charge in [-0.3, -0.25) is 9.69 Å². The number of nitrogens with zero attached hydrogens (tertiary/aromatic N) is 3. The van der Waals surface area contributed by atoms with E-state index in [1.807, 2.05) is 0 Å². The summed E-state index contributed by atoms with van der Waals surface area (Å²) in [5.74, 6) is -0.823. The van der Waals surface area contributed by atoms with E-state index in [0.29, 0.717) is 35.7 Å². The third-order valence-electron chi connectivity index (χ3n) is 4.64. The first-order chi connectivity index (χ1) is 12.9. The van der Waals surface area contributed by atoms with Gasteiger partial charge in [0.15, 0.2) is 0 Å². The number of ether oxygens (including phenoxy) is 2. The van der Waals surface area contributed by atoms with E-state index in [2.05, 4.69) is 11.0 Å². The lowest BCUT2D eigenvalue weighted by Crippen LogP contribution is -2.40. The summed E-state index contributed by atoms with van der Waals surface area (Å²) in [6, 6.07) is 3.55.